The van der Waals surface area contributed by atoms with Crippen LogP contribution in [0.15, 0.2) is 24.3 Å². The Kier molecular flexibility index (Phi) is 7.97. The maximum Gasteiger partial charge on any atom is 0.224 e. The Morgan fingerprint density at radius 3 is 2.71 bits per heavy atom. The SMILES string of the molecule is CCSC1CCCC(NC(=O)Cc2ccc(N)cc2)C1.Cl. The quantitative estimate of drug-likeness (QED) is 0.814. The van der Waals surface area contributed by atoms with E-state index in [4.69, 9.17) is 5.73 Å². The summed E-state index contributed by atoms with van der Waals surface area (Å²) in [6.07, 6.45) is 5.20. The molecule has 2 unspecified atom stereocenters. The second-order valence-corrected chi connectivity index (χ2v) is 7.00. The van der Waals surface area contributed by atoms with E-state index in [0.29, 0.717) is 12.5 Å². The molecular formula is C16H25ClN2OS. The van der Waals surface area contributed by atoms with E-state index in [2.05, 4.69) is 12.2 Å². The first-order valence-corrected chi connectivity index (χ1v) is 8.47. The van der Waals surface area contributed by atoms with Gasteiger partial charge < -0.3 is 11.1 Å². The van der Waals surface area contributed by atoms with Crippen LogP contribution >= 0.6 is 24.2 Å². The van der Waals surface area contributed by atoms with Crippen LogP contribution in [0.3, 0.4) is 0 Å². The molecule has 0 aliphatic heterocycles. The third-order valence-electron chi connectivity index (χ3n) is 3.74. The van der Waals surface area contributed by atoms with Gasteiger partial charge in [-0.15, -0.1) is 12.4 Å². The van der Waals surface area contributed by atoms with Crippen LogP contribution in [0.2, 0.25) is 0 Å². The molecule has 3 nitrogen and oxygen atoms in total. The summed E-state index contributed by atoms with van der Waals surface area (Å²) >= 11 is 2.02. The van der Waals surface area contributed by atoms with Gasteiger partial charge in [0.15, 0.2) is 0 Å². The highest BCUT2D eigenvalue weighted by atomic mass is 35.5. The van der Waals surface area contributed by atoms with Crippen molar-refractivity contribution in [1.29, 1.82) is 0 Å². The van der Waals surface area contributed by atoms with Crippen molar-refractivity contribution in [3.63, 3.8) is 0 Å². The summed E-state index contributed by atoms with van der Waals surface area (Å²) in [4.78, 5) is 12.1. The van der Waals surface area contributed by atoms with E-state index in [0.717, 1.165) is 35.1 Å². The molecule has 1 amide bonds. The van der Waals surface area contributed by atoms with Gasteiger partial charge in [0.2, 0.25) is 5.91 Å². The summed E-state index contributed by atoms with van der Waals surface area (Å²) in [6, 6.07) is 7.89. The van der Waals surface area contributed by atoms with Gasteiger partial charge in [-0.1, -0.05) is 25.5 Å². The van der Waals surface area contributed by atoms with Gasteiger partial charge in [-0.25, -0.2) is 0 Å². The monoisotopic (exact) mass is 328 g/mol. The number of nitrogens with one attached hydrogen (secondary N) is 1. The summed E-state index contributed by atoms with van der Waals surface area (Å²) in [5.41, 5.74) is 7.41. The highest BCUT2D eigenvalue weighted by Crippen LogP contribution is 2.28. The lowest BCUT2D eigenvalue weighted by Gasteiger charge is -2.29. The van der Waals surface area contributed by atoms with Crippen LogP contribution in [-0.4, -0.2) is 23.0 Å². The van der Waals surface area contributed by atoms with Crippen LogP contribution in [0.4, 0.5) is 5.69 Å². The molecule has 1 aromatic carbocycles. The van der Waals surface area contributed by atoms with E-state index in [-0.39, 0.29) is 18.3 Å². The predicted molar refractivity (Wildman–Crippen MR) is 94.1 cm³/mol. The highest BCUT2D eigenvalue weighted by molar-refractivity contribution is 7.99. The number of hydrogen-bond donors (Lipinski definition) is 2. The fraction of sp³-hybridized carbons (Fsp3) is 0.562. The Morgan fingerprint density at radius 2 is 2.05 bits per heavy atom. The fourth-order valence-corrected chi connectivity index (χ4v) is 3.94. The maximum atomic E-state index is 12.1. The number of carbonyl (C=O) groups is 1. The summed E-state index contributed by atoms with van der Waals surface area (Å²) in [5.74, 6) is 1.29. The van der Waals surface area contributed by atoms with Gasteiger partial charge in [-0.2, -0.15) is 11.8 Å². The molecule has 1 fully saturated rings. The van der Waals surface area contributed by atoms with Crippen LogP contribution in [0.1, 0.15) is 38.2 Å². The number of carbonyl (C=O) groups excluding carboxylic acids is 1. The van der Waals surface area contributed by atoms with Crippen molar-refractivity contribution in [2.75, 3.05) is 11.5 Å². The second kappa shape index (κ2) is 9.21. The zero-order valence-electron chi connectivity index (χ0n) is 12.5. The van der Waals surface area contributed by atoms with Gasteiger partial charge in [0.25, 0.3) is 0 Å². The van der Waals surface area contributed by atoms with Gasteiger partial charge in [0.05, 0.1) is 6.42 Å². The molecule has 2 rings (SSSR count). The summed E-state index contributed by atoms with van der Waals surface area (Å²) in [6.45, 7) is 2.20. The van der Waals surface area contributed by atoms with E-state index in [1.165, 1.54) is 12.8 Å². The maximum absolute atomic E-state index is 12.1. The number of thioether (sulfide) groups is 1. The molecule has 1 saturated carbocycles. The van der Waals surface area contributed by atoms with E-state index in [9.17, 15) is 4.79 Å². The van der Waals surface area contributed by atoms with E-state index in [1.54, 1.807) is 0 Å². The Hall–Kier alpha value is -0.870. The van der Waals surface area contributed by atoms with Crippen molar-refractivity contribution in [2.24, 2.45) is 0 Å². The third-order valence-corrected chi connectivity index (χ3v) is 4.97. The second-order valence-electron chi connectivity index (χ2n) is 5.43. The number of anilines is 1. The molecular weight excluding hydrogens is 304 g/mol. The Morgan fingerprint density at radius 1 is 1.33 bits per heavy atom. The van der Waals surface area contributed by atoms with E-state index in [1.807, 2.05) is 36.0 Å². The number of halogens is 1. The van der Waals surface area contributed by atoms with Crippen LogP contribution in [0, 0.1) is 0 Å². The zero-order valence-corrected chi connectivity index (χ0v) is 14.1. The Labute approximate surface area is 137 Å². The molecule has 21 heavy (non-hydrogen) atoms. The van der Waals surface area contributed by atoms with Crippen molar-refractivity contribution >= 4 is 35.8 Å². The van der Waals surface area contributed by atoms with Crippen molar-refractivity contribution in [2.45, 2.75) is 50.3 Å². The average molecular weight is 329 g/mol. The molecule has 0 heterocycles. The molecule has 1 aliphatic rings. The van der Waals surface area contributed by atoms with Crippen molar-refractivity contribution in [3.05, 3.63) is 29.8 Å². The molecule has 1 aliphatic carbocycles. The minimum absolute atomic E-state index is 0. The summed E-state index contributed by atoms with van der Waals surface area (Å²) in [5, 5.41) is 3.90. The largest absolute Gasteiger partial charge is 0.399 e. The fourth-order valence-electron chi connectivity index (χ4n) is 2.76. The molecule has 118 valence electrons. The van der Waals surface area contributed by atoms with Gasteiger partial charge >= 0.3 is 0 Å². The van der Waals surface area contributed by atoms with Crippen molar-refractivity contribution in [1.82, 2.24) is 5.32 Å². The van der Waals surface area contributed by atoms with Crippen LogP contribution in [0.25, 0.3) is 0 Å². The first-order valence-electron chi connectivity index (χ1n) is 7.42. The van der Waals surface area contributed by atoms with Crippen LogP contribution < -0.4 is 11.1 Å². The van der Waals surface area contributed by atoms with Crippen LogP contribution in [-0.2, 0) is 11.2 Å². The third kappa shape index (κ3) is 6.18. The number of rotatable bonds is 5. The number of hydrogen-bond acceptors (Lipinski definition) is 3. The van der Waals surface area contributed by atoms with Crippen molar-refractivity contribution in [3.8, 4) is 0 Å². The zero-order chi connectivity index (χ0) is 14.4. The van der Waals surface area contributed by atoms with Gasteiger partial charge in [0, 0.05) is 17.0 Å². The van der Waals surface area contributed by atoms with E-state index >= 15 is 0 Å². The Balaban J connectivity index is 0.00000220. The smallest absolute Gasteiger partial charge is 0.224 e. The number of amides is 1. The normalized spacial score (nSPS) is 21.4. The molecule has 5 heteroatoms. The molecule has 0 bridgehead atoms. The molecule has 0 radical (unpaired) electrons. The topological polar surface area (TPSA) is 55.1 Å². The van der Waals surface area contributed by atoms with Gasteiger partial charge in [0.1, 0.15) is 0 Å². The first-order chi connectivity index (χ1) is 9.67. The number of nitrogens with two attached hydrogens (primary N) is 1. The van der Waals surface area contributed by atoms with Crippen molar-refractivity contribution < 1.29 is 4.79 Å². The average Bonchev–Trinajstić information content (AvgIpc) is 2.42. The first kappa shape index (κ1) is 18.2. The number of benzene rings is 1. The molecule has 0 saturated heterocycles. The predicted octanol–water partition coefficient (Wildman–Crippen LogP) is 3.41. The molecule has 2 atom stereocenters. The standard InChI is InChI=1S/C16H24N2OS.ClH/c1-2-20-15-5-3-4-14(11-15)18-16(19)10-12-6-8-13(17)9-7-12;/h6-9,14-15H,2-5,10-11,17H2,1H3,(H,18,19);1H. The van der Waals surface area contributed by atoms with Gasteiger partial charge in [-0.05, 0) is 42.7 Å². The lowest BCUT2D eigenvalue weighted by Crippen LogP contribution is -2.39. The lowest BCUT2D eigenvalue weighted by molar-refractivity contribution is -0.121. The number of nitrogen functional groups attached to an aromatic ring is 1. The Bertz CT molecular complexity index is 436. The molecule has 0 spiro atoms. The highest BCUT2D eigenvalue weighted by Gasteiger charge is 2.23. The summed E-state index contributed by atoms with van der Waals surface area (Å²) < 4.78 is 0. The minimum Gasteiger partial charge on any atom is -0.399 e. The molecule has 0 aromatic heterocycles. The summed E-state index contributed by atoms with van der Waals surface area (Å²) in [7, 11) is 0. The minimum atomic E-state index is 0. The van der Waals surface area contributed by atoms with Gasteiger partial charge in [-0.3, -0.25) is 4.79 Å². The molecule has 3 N–H and O–H groups in total. The van der Waals surface area contributed by atoms with E-state index < -0.39 is 0 Å². The van der Waals surface area contributed by atoms with Crippen LogP contribution in [0.5, 0.6) is 0 Å². The lowest BCUT2D eigenvalue weighted by atomic mass is 9.94. The molecule has 1 aromatic rings.